The van der Waals surface area contributed by atoms with Crippen molar-refractivity contribution in [2.45, 2.75) is 26.0 Å². The summed E-state index contributed by atoms with van der Waals surface area (Å²) in [4.78, 5) is 15.2. The van der Waals surface area contributed by atoms with Crippen LogP contribution in [0.3, 0.4) is 0 Å². The Bertz CT molecular complexity index is 406. The number of nitrogens with zero attached hydrogens (tertiary/aromatic N) is 1. The van der Waals surface area contributed by atoms with Gasteiger partial charge in [-0.2, -0.15) is 0 Å². The molecule has 1 aromatic rings. The number of aliphatic hydroxyl groups is 1. The molecule has 0 aliphatic carbocycles. The fourth-order valence-electron chi connectivity index (χ4n) is 1.29. The van der Waals surface area contributed by atoms with Crippen LogP contribution in [0.15, 0.2) is 12.1 Å². The van der Waals surface area contributed by atoms with E-state index in [2.05, 4.69) is 10.3 Å². The summed E-state index contributed by atoms with van der Waals surface area (Å²) in [6.45, 7) is 3.75. The summed E-state index contributed by atoms with van der Waals surface area (Å²) in [5.74, 6) is 0.0216. The first-order chi connectivity index (χ1) is 7.90. The normalized spacial score (nSPS) is 14.1. The second kappa shape index (κ2) is 5.60. The Morgan fingerprint density at radius 3 is 2.76 bits per heavy atom. The van der Waals surface area contributed by atoms with Gasteiger partial charge in [-0.3, -0.25) is 4.79 Å². The molecule has 0 saturated carbocycles. The number of pyridine rings is 1. The first kappa shape index (κ1) is 13.4. The number of aliphatic hydroxyl groups excluding tert-OH is 1. The lowest BCUT2D eigenvalue weighted by Gasteiger charge is -2.16. The molecule has 0 saturated heterocycles. The number of aromatic nitrogens is 1. The van der Waals surface area contributed by atoms with E-state index in [9.17, 15) is 9.90 Å². The molecule has 6 nitrogen and oxygen atoms in total. The van der Waals surface area contributed by atoms with Crippen LogP contribution in [0.1, 0.15) is 23.0 Å². The van der Waals surface area contributed by atoms with E-state index >= 15 is 0 Å². The zero-order valence-electron chi connectivity index (χ0n) is 9.97. The number of hydrogen-bond acceptors (Lipinski definition) is 5. The molecule has 2 unspecified atom stereocenters. The van der Waals surface area contributed by atoms with Crippen LogP contribution in [-0.4, -0.2) is 34.7 Å². The van der Waals surface area contributed by atoms with Gasteiger partial charge in [0.15, 0.2) is 0 Å². The SMILES string of the molecule is Cc1cc(C(N)=O)cc(NCC(N)C(C)O)n1. The highest BCUT2D eigenvalue weighted by atomic mass is 16.3. The molecule has 17 heavy (non-hydrogen) atoms. The second-order valence-electron chi connectivity index (χ2n) is 4.03. The fourth-order valence-corrected chi connectivity index (χ4v) is 1.29. The number of primary amides is 1. The van der Waals surface area contributed by atoms with Crippen molar-refractivity contribution in [3.63, 3.8) is 0 Å². The molecule has 6 N–H and O–H groups in total. The van der Waals surface area contributed by atoms with Gasteiger partial charge in [0.25, 0.3) is 0 Å². The molecule has 94 valence electrons. The average molecular weight is 238 g/mol. The van der Waals surface area contributed by atoms with Crippen molar-refractivity contribution in [1.82, 2.24) is 4.98 Å². The summed E-state index contributed by atoms with van der Waals surface area (Å²) in [7, 11) is 0. The van der Waals surface area contributed by atoms with Crippen molar-refractivity contribution >= 4 is 11.7 Å². The molecule has 0 aliphatic heterocycles. The summed E-state index contributed by atoms with van der Waals surface area (Å²) < 4.78 is 0. The van der Waals surface area contributed by atoms with Gasteiger partial charge in [0.1, 0.15) is 5.82 Å². The van der Waals surface area contributed by atoms with E-state index in [-0.39, 0.29) is 0 Å². The van der Waals surface area contributed by atoms with Gasteiger partial charge in [-0.1, -0.05) is 0 Å². The van der Waals surface area contributed by atoms with Gasteiger partial charge in [-0.25, -0.2) is 4.98 Å². The van der Waals surface area contributed by atoms with Crippen LogP contribution in [0.2, 0.25) is 0 Å². The van der Waals surface area contributed by atoms with Crippen LogP contribution >= 0.6 is 0 Å². The van der Waals surface area contributed by atoms with Gasteiger partial charge in [0, 0.05) is 23.8 Å². The van der Waals surface area contributed by atoms with E-state index in [1.165, 1.54) is 0 Å². The number of carbonyl (C=O) groups excluding carboxylic acids is 1. The first-order valence-electron chi connectivity index (χ1n) is 5.36. The maximum atomic E-state index is 11.1. The smallest absolute Gasteiger partial charge is 0.248 e. The van der Waals surface area contributed by atoms with E-state index < -0.39 is 18.1 Å². The highest BCUT2D eigenvalue weighted by Gasteiger charge is 2.10. The minimum atomic E-state index is -0.608. The predicted molar refractivity (Wildman–Crippen MR) is 65.6 cm³/mol. The van der Waals surface area contributed by atoms with E-state index in [0.717, 1.165) is 0 Å². The summed E-state index contributed by atoms with van der Waals surface area (Å²) in [6, 6.07) is 2.78. The van der Waals surface area contributed by atoms with Gasteiger partial charge >= 0.3 is 0 Å². The maximum absolute atomic E-state index is 11.1. The third-order valence-electron chi connectivity index (χ3n) is 2.38. The molecule has 0 aliphatic rings. The Labute approximate surface area is 100 Å². The molecule has 1 amide bonds. The Morgan fingerprint density at radius 1 is 1.59 bits per heavy atom. The summed E-state index contributed by atoms with van der Waals surface area (Å²) >= 11 is 0. The van der Waals surface area contributed by atoms with Gasteiger partial charge in [-0.15, -0.1) is 0 Å². The van der Waals surface area contributed by atoms with Gasteiger partial charge in [0.05, 0.1) is 6.10 Å². The topological polar surface area (TPSA) is 114 Å². The molecule has 6 heteroatoms. The molecule has 0 aromatic carbocycles. The molecule has 0 spiro atoms. The number of nitrogens with two attached hydrogens (primary N) is 2. The molecular weight excluding hydrogens is 220 g/mol. The van der Waals surface area contributed by atoms with Crippen molar-refractivity contribution in [2.75, 3.05) is 11.9 Å². The highest BCUT2D eigenvalue weighted by molar-refractivity contribution is 5.93. The van der Waals surface area contributed by atoms with Gasteiger partial charge < -0.3 is 21.9 Å². The van der Waals surface area contributed by atoms with Crippen LogP contribution in [0.5, 0.6) is 0 Å². The van der Waals surface area contributed by atoms with E-state index in [4.69, 9.17) is 11.5 Å². The van der Waals surface area contributed by atoms with Gasteiger partial charge in [0.2, 0.25) is 5.91 Å². The maximum Gasteiger partial charge on any atom is 0.248 e. The van der Waals surface area contributed by atoms with E-state index in [0.29, 0.717) is 23.6 Å². The van der Waals surface area contributed by atoms with Crippen LogP contribution in [0.25, 0.3) is 0 Å². The largest absolute Gasteiger partial charge is 0.392 e. The number of rotatable bonds is 5. The van der Waals surface area contributed by atoms with Crippen molar-refractivity contribution < 1.29 is 9.90 Å². The molecule has 0 bridgehead atoms. The summed E-state index contributed by atoms with van der Waals surface area (Å²) in [5, 5.41) is 12.2. The third-order valence-corrected chi connectivity index (χ3v) is 2.38. The Morgan fingerprint density at radius 2 is 2.24 bits per heavy atom. The zero-order chi connectivity index (χ0) is 13.0. The molecule has 1 heterocycles. The quantitative estimate of drug-likeness (QED) is 0.557. The third kappa shape index (κ3) is 4.01. The number of nitrogens with one attached hydrogen (secondary N) is 1. The van der Waals surface area contributed by atoms with Crippen molar-refractivity contribution in [1.29, 1.82) is 0 Å². The van der Waals surface area contributed by atoms with Crippen molar-refractivity contribution in [2.24, 2.45) is 11.5 Å². The molecule has 1 aromatic heterocycles. The van der Waals surface area contributed by atoms with E-state index in [1.54, 1.807) is 26.0 Å². The number of carbonyl (C=O) groups is 1. The first-order valence-corrected chi connectivity index (χ1v) is 5.36. The van der Waals surface area contributed by atoms with Crippen LogP contribution in [-0.2, 0) is 0 Å². The Balaban J connectivity index is 2.74. The van der Waals surface area contributed by atoms with Crippen LogP contribution < -0.4 is 16.8 Å². The fraction of sp³-hybridized carbons (Fsp3) is 0.455. The van der Waals surface area contributed by atoms with Crippen LogP contribution in [0, 0.1) is 6.92 Å². The Kier molecular flexibility index (Phi) is 4.42. The molecule has 0 radical (unpaired) electrons. The average Bonchev–Trinajstić information content (AvgIpc) is 2.24. The number of anilines is 1. The minimum Gasteiger partial charge on any atom is -0.392 e. The molecular formula is C11H18N4O2. The monoisotopic (exact) mass is 238 g/mol. The number of amides is 1. The lowest BCUT2D eigenvalue weighted by atomic mass is 10.2. The second-order valence-corrected chi connectivity index (χ2v) is 4.03. The van der Waals surface area contributed by atoms with Gasteiger partial charge in [-0.05, 0) is 26.0 Å². The zero-order valence-corrected chi connectivity index (χ0v) is 9.97. The van der Waals surface area contributed by atoms with Crippen molar-refractivity contribution in [3.8, 4) is 0 Å². The lowest BCUT2D eigenvalue weighted by Crippen LogP contribution is -2.38. The molecule has 1 rings (SSSR count). The standard InChI is InChI=1S/C11H18N4O2/c1-6-3-8(11(13)17)4-10(15-6)14-5-9(12)7(2)16/h3-4,7,9,16H,5,12H2,1-2H3,(H2,13,17)(H,14,15). The lowest BCUT2D eigenvalue weighted by molar-refractivity contribution is 0.1000. The minimum absolute atomic E-state index is 0.367. The highest BCUT2D eigenvalue weighted by Crippen LogP contribution is 2.09. The number of aryl methyl sites for hydroxylation is 1. The van der Waals surface area contributed by atoms with E-state index in [1.807, 2.05) is 0 Å². The van der Waals surface area contributed by atoms with Crippen molar-refractivity contribution in [3.05, 3.63) is 23.4 Å². The summed E-state index contributed by atoms with van der Waals surface area (Å²) in [6.07, 6.45) is -0.608. The van der Waals surface area contributed by atoms with Crippen LogP contribution in [0.4, 0.5) is 5.82 Å². The molecule has 0 fully saturated rings. The molecule has 2 atom stereocenters. The predicted octanol–water partition coefficient (Wildman–Crippen LogP) is -0.391. The number of hydrogen-bond donors (Lipinski definition) is 4. The Hall–Kier alpha value is -1.66. The summed E-state index contributed by atoms with van der Waals surface area (Å²) in [5.41, 5.74) is 11.9.